The van der Waals surface area contributed by atoms with Crippen molar-refractivity contribution < 1.29 is 9.59 Å². The van der Waals surface area contributed by atoms with E-state index in [4.69, 9.17) is 0 Å². The summed E-state index contributed by atoms with van der Waals surface area (Å²) in [6.45, 7) is 5.88. The summed E-state index contributed by atoms with van der Waals surface area (Å²) in [4.78, 5) is 23.8. The van der Waals surface area contributed by atoms with Crippen molar-refractivity contribution in [2.45, 2.75) is 64.5 Å². The highest BCUT2D eigenvalue weighted by Gasteiger charge is 2.48. The maximum atomic E-state index is 12.0. The molecule has 0 spiro atoms. The molecule has 4 heteroatoms. The van der Waals surface area contributed by atoms with Gasteiger partial charge in [-0.1, -0.05) is 12.8 Å². The number of hydrogen-bond donors (Lipinski definition) is 2. The summed E-state index contributed by atoms with van der Waals surface area (Å²) in [5.74, 6) is -0.0939. The molecule has 102 valence electrons. The second-order valence-corrected chi connectivity index (χ2v) is 6.68. The Kier molecular flexibility index (Phi) is 3.64. The molecule has 0 bridgehead atoms. The summed E-state index contributed by atoms with van der Waals surface area (Å²) < 4.78 is 0. The van der Waals surface area contributed by atoms with Crippen molar-refractivity contribution >= 4 is 11.8 Å². The Balaban J connectivity index is 1.76. The van der Waals surface area contributed by atoms with Crippen LogP contribution in [0.2, 0.25) is 0 Å². The second-order valence-electron chi connectivity index (χ2n) is 6.68. The normalized spacial score (nSPS) is 27.9. The van der Waals surface area contributed by atoms with Crippen LogP contribution in [0.4, 0.5) is 0 Å². The fourth-order valence-electron chi connectivity index (χ4n) is 2.62. The lowest BCUT2D eigenvalue weighted by atomic mass is 10.1. The topological polar surface area (TPSA) is 58.2 Å². The van der Waals surface area contributed by atoms with E-state index in [1.807, 2.05) is 20.8 Å². The first kappa shape index (κ1) is 13.4. The van der Waals surface area contributed by atoms with E-state index in [9.17, 15) is 9.59 Å². The van der Waals surface area contributed by atoms with E-state index in [0.717, 1.165) is 12.8 Å². The number of hydrogen-bond acceptors (Lipinski definition) is 2. The molecule has 0 aromatic carbocycles. The number of rotatable bonds is 3. The van der Waals surface area contributed by atoms with Gasteiger partial charge >= 0.3 is 0 Å². The molecule has 0 aromatic heterocycles. The molecule has 2 saturated carbocycles. The monoisotopic (exact) mass is 252 g/mol. The molecular weight excluding hydrogens is 228 g/mol. The maximum Gasteiger partial charge on any atom is 0.224 e. The zero-order chi connectivity index (χ0) is 13.3. The van der Waals surface area contributed by atoms with E-state index in [2.05, 4.69) is 10.6 Å². The van der Waals surface area contributed by atoms with Crippen LogP contribution in [-0.2, 0) is 9.59 Å². The van der Waals surface area contributed by atoms with Gasteiger partial charge < -0.3 is 10.6 Å². The van der Waals surface area contributed by atoms with Gasteiger partial charge in [0.05, 0.1) is 11.8 Å². The van der Waals surface area contributed by atoms with Crippen LogP contribution in [0.15, 0.2) is 0 Å². The first-order valence-electron chi connectivity index (χ1n) is 6.99. The fourth-order valence-corrected chi connectivity index (χ4v) is 2.62. The van der Waals surface area contributed by atoms with Crippen molar-refractivity contribution in [3.05, 3.63) is 0 Å². The van der Waals surface area contributed by atoms with Gasteiger partial charge in [-0.2, -0.15) is 0 Å². The lowest BCUT2D eigenvalue weighted by molar-refractivity contribution is -0.128. The minimum absolute atomic E-state index is 0.0223. The third kappa shape index (κ3) is 3.47. The van der Waals surface area contributed by atoms with Crippen molar-refractivity contribution in [2.75, 3.05) is 0 Å². The van der Waals surface area contributed by atoms with Gasteiger partial charge in [-0.25, -0.2) is 0 Å². The molecule has 2 atom stereocenters. The Bertz CT molecular complexity index is 340. The highest BCUT2D eigenvalue weighted by atomic mass is 16.2. The predicted octanol–water partition coefficient (Wildman–Crippen LogP) is 1.60. The molecule has 0 saturated heterocycles. The van der Waals surface area contributed by atoms with Crippen molar-refractivity contribution in [1.29, 1.82) is 0 Å². The van der Waals surface area contributed by atoms with Gasteiger partial charge in [0, 0.05) is 11.6 Å². The van der Waals surface area contributed by atoms with Crippen molar-refractivity contribution in [3.63, 3.8) is 0 Å². The minimum atomic E-state index is -0.216. The molecule has 2 amide bonds. The Morgan fingerprint density at radius 2 is 1.56 bits per heavy atom. The van der Waals surface area contributed by atoms with E-state index in [-0.39, 0.29) is 29.2 Å². The molecule has 2 aliphatic rings. The third-order valence-electron chi connectivity index (χ3n) is 3.66. The van der Waals surface area contributed by atoms with Crippen LogP contribution < -0.4 is 10.6 Å². The Labute approximate surface area is 109 Å². The summed E-state index contributed by atoms with van der Waals surface area (Å²) in [7, 11) is 0. The van der Waals surface area contributed by atoms with Crippen LogP contribution in [0.1, 0.15) is 52.9 Å². The van der Waals surface area contributed by atoms with Crippen LogP contribution in [0.25, 0.3) is 0 Å². The molecule has 0 radical (unpaired) electrons. The molecule has 2 fully saturated rings. The molecule has 0 aliphatic heterocycles. The van der Waals surface area contributed by atoms with Gasteiger partial charge in [0.1, 0.15) is 0 Å². The lowest BCUT2D eigenvalue weighted by Gasteiger charge is -2.20. The average molecular weight is 252 g/mol. The number of carbonyl (C=O) groups is 2. The zero-order valence-corrected chi connectivity index (χ0v) is 11.6. The first-order chi connectivity index (χ1) is 8.37. The maximum absolute atomic E-state index is 12.0. The predicted molar refractivity (Wildman–Crippen MR) is 69.9 cm³/mol. The highest BCUT2D eigenvalue weighted by molar-refractivity contribution is 5.92. The minimum Gasteiger partial charge on any atom is -0.353 e. The lowest BCUT2D eigenvalue weighted by Crippen LogP contribution is -2.42. The quantitative estimate of drug-likeness (QED) is 0.801. The summed E-state index contributed by atoms with van der Waals surface area (Å²) >= 11 is 0. The number of nitrogens with one attached hydrogen (secondary N) is 2. The summed E-state index contributed by atoms with van der Waals surface area (Å²) in [6.07, 6.45) is 5.32. The van der Waals surface area contributed by atoms with Crippen LogP contribution in [-0.4, -0.2) is 23.4 Å². The zero-order valence-electron chi connectivity index (χ0n) is 11.6. The van der Waals surface area contributed by atoms with Gasteiger partial charge in [0.15, 0.2) is 0 Å². The van der Waals surface area contributed by atoms with E-state index in [1.165, 1.54) is 12.8 Å². The molecule has 18 heavy (non-hydrogen) atoms. The van der Waals surface area contributed by atoms with Gasteiger partial charge in [0.25, 0.3) is 0 Å². The largest absolute Gasteiger partial charge is 0.353 e. The molecule has 2 unspecified atom stereocenters. The van der Waals surface area contributed by atoms with Gasteiger partial charge in [0.2, 0.25) is 11.8 Å². The second kappa shape index (κ2) is 4.90. The van der Waals surface area contributed by atoms with E-state index in [0.29, 0.717) is 12.5 Å². The SMILES string of the molecule is CC(C)(C)NC(=O)C1CC1C(=O)NC1CCCC1. The summed E-state index contributed by atoms with van der Waals surface area (Å²) in [5.41, 5.74) is -0.216. The Hall–Kier alpha value is -1.06. The number of carbonyl (C=O) groups excluding carboxylic acids is 2. The third-order valence-corrected chi connectivity index (χ3v) is 3.66. The molecule has 2 aliphatic carbocycles. The van der Waals surface area contributed by atoms with Crippen molar-refractivity contribution in [2.24, 2.45) is 11.8 Å². The fraction of sp³-hybridized carbons (Fsp3) is 0.857. The van der Waals surface area contributed by atoms with Crippen molar-refractivity contribution in [1.82, 2.24) is 10.6 Å². The number of amides is 2. The van der Waals surface area contributed by atoms with Gasteiger partial charge in [-0.3, -0.25) is 9.59 Å². The van der Waals surface area contributed by atoms with Crippen LogP contribution in [0, 0.1) is 11.8 Å². The van der Waals surface area contributed by atoms with Gasteiger partial charge in [-0.05, 0) is 40.0 Å². The molecule has 2 rings (SSSR count). The van der Waals surface area contributed by atoms with Crippen molar-refractivity contribution in [3.8, 4) is 0 Å². The molecule has 0 heterocycles. The highest BCUT2D eigenvalue weighted by Crippen LogP contribution is 2.39. The van der Waals surface area contributed by atoms with E-state index in [1.54, 1.807) is 0 Å². The molecule has 2 N–H and O–H groups in total. The molecule has 4 nitrogen and oxygen atoms in total. The summed E-state index contributed by atoms with van der Waals surface area (Å²) in [5, 5.41) is 6.01. The Morgan fingerprint density at radius 3 is 2.11 bits per heavy atom. The van der Waals surface area contributed by atoms with Gasteiger partial charge in [-0.15, -0.1) is 0 Å². The Morgan fingerprint density at radius 1 is 1.00 bits per heavy atom. The smallest absolute Gasteiger partial charge is 0.224 e. The first-order valence-corrected chi connectivity index (χ1v) is 6.99. The van der Waals surface area contributed by atoms with Crippen LogP contribution in [0.3, 0.4) is 0 Å². The standard InChI is InChI=1S/C14H24N2O2/c1-14(2,3)16-13(18)11-8-10(11)12(17)15-9-6-4-5-7-9/h9-11H,4-8H2,1-3H3,(H,15,17)(H,16,18). The van der Waals surface area contributed by atoms with E-state index < -0.39 is 0 Å². The summed E-state index contributed by atoms with van der Waals surface area (Å²) in [6, 6.07) is 0.351. The average Bonchev–Trinajstić information content (AvgIpc) is 2.89. The molecular formula is C14H24N2O2. The van der Waals surface area contributed by atoms with Crippen LogP contribution in [0.5, 0.6) is 0 Å². The molecule has 0 aromatic rings. The van der Waals surface area contributed by atoms with Crippen LogP contribution >= 0.6 is 0 Å². The van der Waals surface area contributed by atoms with E-state index >= 15 is 0 Å².